The quantitative estimate of drug-likeness (QED) is 0.110. The van der Waals surface area contributed by atoms with E-state index < -0.39 is 0 Å². The van der Waals surface area contributed by atoms with Crippen LogP contribution in [0.2, 0.25) is 0 Å². The van der Waals surface area contributed by atoms with Crippen molar-refractivity contribution in [3.05, 3.63) is 0 Å². The van der Waals surface area contributed by atoms with Crippen molar-refractivity contribution in [2.45, 2.75) is 65.2 Å². The first-order chi connectivity index (χ1) is 18.5. The smallest absolute Gasteiger partial charge is 0.246 e. The number of carbonyl (C=O) groups is 4. The molecular formula is C26H50N4O8. The fraction of sp³-hybridized carbons (Fsp3) is 0.846. The predicted molar refractivity (Wildman–Crippen MR) is 144 cm³/mol. The van der Waals surface area contributed by atoms with Gasteiger partial charge in [0.25, 0.3) is 0 Å². The van der Waals surface area contributed by atoms with Crippen molar-refractivity contribution in [3.8, 4) is 0 Å². The number of hydrogen-bond donors (Lipinski definition) is 4. The summed E-state index contributed by atoms with van der Waals surface area (Å²) in [5.74, 6) is -0.424. The van der Waals surface area contributed by atoms with Crippen LogP contribution in [-0.2, 0) is 38.1 Å². The molecule has 222 valence electrons. The van der Waals surface area contributed by atoms with Gasteiger partial charge >= 0.3 is 0 Å². The van der Waals surface area contributed by atoms with Crippen molar-refractivity contribution in [2.75, 3.05) is 79.0 Å². The van der Waals surface area contributed by atoms with Gasteiger partial charge in [-0.15, -0.1) is 0 Å². The van der Waals surface area contributed by atoms with Crippen LogP contribution in [0.5, 0.6) is 0 Å². The fourth-order valence-corrected chi connectivity index (χ4v) is 2.99. The summed E-state index contributed by atoms with van der Waals surface area (Å²) in [6.07, 6.45) is 6.51. The molecule has 0 unspecified atom stereocenters. The normalized spacial score (nSPS) is 10.7. The Morgan fingerprint density at radius 2 is 0.868 bits per heavy atom. The van der Waals surface area contributed by atoms with Crippen LogP contribution in [0.1, 0.15) is 65.2 Å². The van der Waals surface area contributed by atoms with E-state index in [1.54, 1.807) is 0 Å². The summed E-state index contributed by atoms with van der Waals surface area (Å²) in [7, 11) is 0. The van der Waals surface area contributed by atoms with Crippen LogP contribution in [0.25, 0.3) is 0 Å². The molecule has 0 aromatic heterocycles. The monoisotopic (exact) mass is 546 g/mol. The van der Waals surface area contributed by atoms with Crippen LogP contribution in [0, 0.1) is 0 Å². The van der Waals surface area contributed by atoms with Gasteiger partial charge in [0.2, 0.25) is 23.6 Å². The molecule has 12 heteroatoms. The lowest BCUT2D eigenvalue weighted by molar-refractivity contribution is -0.127. The van der Waals surface area contributed by atoms with E-state index in [0.29, 0.717) is 78.5 Å². The van der Waals surface area contributed by atoms with Crippen LogP contribution in [0.4, 0.5) is 0 Å². The SMILES string of the molecule is CCCCCC(=O)NCCCC(=O)NCCOCCOCC(=O)NCCOCCOCC(=O)NCCCC. The van der Waals surface area contributed by atoms with E-state index in [-0.39, 0.29) is 43.4 Å². The van der Waals surface area contributed by atoms with Gasteiger partial charge in [0.05, 0.1) is 39.6 Å². The van der Waals surface area contributed by atoms with Crippen LogP contribution < -0.4 is 21.3 Å². The first-order valence-electron chi connectivity index (χ1n) is 13.9. The Bertz CT molecular complexity index is 622. The second kappa shape index (κ2) is 27.7. The zero-order valence-electron chi connectivity index (χ0n) is 23.4. The minimum absolute atomic E-state index is 0.0147. The minimum atomic E-state index is -0.252. The molecule has 0 aliphatic heterocycles. The number of unbranched alkanes of at least 4 members (excludes halogenated alkanes) is 3. The van der Waals surface area contributed by atoms with Crippen molar-refractivity contribution in [1.29, 1.82) is 0 Å². The molecule has 12 nitrogen and oxygen atoms in total. The molecule has 4 N–H and O–H groups in total. The number of rotatable bonds is 27. The fourth-order valence-electron chi connectivity index (χ4n) is 2.99. The summed E-state index contributed by atoms with van der Waals surface area (Å²) in [5, 5.41) is 11.0. The highest BCUT2D eigenvalue weighted by molar-refractivity contribution is 5.77. The van der Waals surface area contributed by atoms with E-state index in [0.717, 1.165) is 32.1 Å². The van der Waals surface area contributed by atoms with E-state index in [4.69, 9.17) is 18.9 Å². The van der Waals surface area contributed by atoms with Gasteiger partial charge in [-0.05, 0) is 19.3 Å². The molecule has 0 heterocycles. The number of carbonyl (C=O) groups excluding carboxylic acids is 4. The number of ether oxygens (including phenoxy) is 4. The Kier molecular flexibility index (Phi) is 26.1. The summed E-state index contributed by atoms with van der Waals surface area (Å²) in [6.45, 7) is 7.89. The molecule has 0 saturated carbocycles. The van der Waals surface area contributed by atoms with Gasteiger partial charge in [0.1, 0.15) is 13.2 Å². The Morgan fingerprint density at radius 1 is 0.447 bits per heavy atom. The summed E-state index contributed by atoms with van der Waals surface area (Å²) in [6, 6.07) is 0. The lowest BCUT2D eigenvalue weighted by Gasteiger charge is -2.09. The summed E-state index contributed by atoms with van der Waals surface area (Å²) in [5.41, 5.74) is 0. The third-order valence-electron chi connectivity index (χ3n) is 5.11. The van der Waals surface area contributed by atoms with E-state index in [9.17, 15) is 19.2 Å². The molecule has 0 aromatic carbocycles. The average Bonchev–Trinajstić information content (AvgIpc) is 2.90. The standard InChI is InChI=1S/C26H50N4O8/c1-3-5-7-9-23(31)27-12-8-10-24(32)29-13-15-35-17-20-38-22-26(34)30-14-16-36-18-19-37-21-25(33)28-11-6-4-2/h3-22H2,1-2H3,(H,27,31)(H,28,33)(H,29,32)(H,30,34). The Hall–Kier alpha value is -2.28. The predicted octanol–water partition coefficient (Wildman–Crippen LogP) is 0.678. The van der Waals surface area contributed by atoms with Crippen molar-refractivity contribution < 1.29 is 38.1 Å². The molecule has 0 saturated heterocycles. The van der Waals surface area contributed by atoms with Gasteiger partial charge in [0.15, 0.2) is 0 Å². The van der Waals surface area contributed by atoms with E-state index in [2.05, 4.69) is 35.1 Å². The van der Waals surface area contributed by atoms with Crippen molar-refractivity contribution in [2.24, 2.45) is 0 Å². The Labute approximate surface area is 227 Å². The van der Waals surface area contributed by atoms with E-state index in [1.807, 2.05) is 0 Å². The lowest BCUT2D eigenvalue weighted by atomic mass is 10.2. The molecule has 0 bridgehead atoms. The van der Waals surface area contributed by atoms with Gasteiger partial charge in [-0.2, -0.15) is 0 Å². The van der Waals surface area contributed by atoms with Crippen LogP contribution >= 0.6 is 0 Å². The molecule has 38 heavy (non-hydrogen) atoms. The van der Waals surface area contributed by atoms with Crippen molar-refractivity contribution in [1.82, 2.24) is 21.3 Å². The van der Waals surface area contributed by atoms with Gasteiger partial charge in [-0.25, -0.2) is 0 Å². The molecule has 0 aliphatic rings. The van der Waals surface area contributed by atoms with Crippen LogP contribution in [-0.4, -0.2) is 103 Å². The van der Waals surface area contributed by atoms with Gasteiger partial charge in [0, 0.05) is 39.0 Å². The average molecular weight is 547 g/mol. The Balaban J connectivity index is 3.37. The molecule has 0 radical (unpaired) electrons. The maximum atomic E-state index is 11.8. The molecule has 0 rings (SSSR count). The molecule has 0 aromatic rings. The van der Waals surface area contributed by atoms with Gasteiger partial charge in [-0.3, -0.25) is 19.2 Å². The van der Waals surface area contributed by atoms with Crippen molar-refractivity contribution >= 4 is 23.6 Å². The first-order valence-corrected chi connectivity index (χ1v) is 13.9. The second-order valence-electron chi connectivity index (χ2n) is 8.64. The second-order valence-corrected chi connectivity index (χ2v) is 8.64. The molecule has 0 fully saturated rings. The molecule has 4 amide bonds. The summed E-state index contributed by atoms with van der Waals surface area (Å²) >= 11 is 0. The number of nitrogens with one attached hydrogen (secondary N) is 4. The molecule has 0 atom stereocenters. The molecular weight excluding hydrogens is 496 g/mol. The lowest BCUT2D eigenvalue weighted by Crippen LogP contribution is -2.32. The van der Waals surface area contributed by atoms with E-state index >= 15 is 0 Å². The van der Waals surface area contributed by atoms with Crippen molar-refractivity contribution in [3.63, 3.8) is 0 Å². The van der Waals surface area contributed by atoms with Gasteiger partial charge < -0.3 is 40.2 Å². The maximum Gasteiger partial charge on any atom is 0.246 e. The van der Waals surface area contributed by atoms with Gasteiger partial charge in [-0.1, -0.05) is 33.1 Å². The first kappa shape index (κ1) is 35.7. The Morgan fingerprint density at radius 3 is 1.42 bits per heavy atom. The summed E-state index contributed by atoms with van der Waals surface area (Å²) < 4.78 is 21.2. The molecule has 0 spiro atoms. The number of hydrogen-bond acceptors (Lipinski definition) is 8. The van der Waals surface area contributed by atoms with E-state index in [1.165, 1.54) is 0 Å². The minimum Gasteiger partial charge on any atom is -0.377 e. The van der Waals surface area contributed by atoms with Crippen LogP contribution in [0.15, 0.2) is 0 Å². The highest BCUT2D eigenvalue weighted by Gasteiger charge is 2.04. The number of amides is 4. The third-order valence-corrected chi connectivity index (χ3v) is 5.11. The third kappa shape index (κ3) is 26.8. The largest absolute Gasteiger partial charge is 0.377 e. The highest BCUT2D eigenvalue weighted by Crippen LogP contribution is 1.98. The van der Waals surface area contributed by atoms with Crippen LogP contribution in [0.3, 0.4) is 0 Å². The molecule has 0 aliphatic carbocycles. The maximum absolute atomic E-state index is 11.8. The zero-order valence-corrected chi connectivity index (χ0v) is 23.4. The highest BCUT2D eigenvalue weighted by atomic mass is 16.5. The zero-order chi connectivity index (χ0) is 28.1. The summed E-state index contributed by atoms with van der Waals surface area (Å²) in [4.78, 5) is 46.5. The topological polar surface area (TPSA) is 153 Å².